The summed E-state index contributed by atoms with van der Waals surface area (Å²) in [6.07, 6.45) is 4.72. The van der Waals surface area contributed by atoms with Gasteiger partial charge in [-0.15, -0.1) is 0 Å². The van der Waals surface area contributed by atoms with Crippen molar-refractivity contribution in [3.63, 3.8) is 0 Å². The van der Waals surface area contributed by atoms with E-state index in [0.717, 1.165) is 5.69 Å². The van der Waals surface area contributed by atoms with Crippen LogP contribution in [0, 0.1) is 0 Å². The van der Waals surface area contributed by atoms with E-state index in [4.69, 9.17) is 0 Å². The highest BCUT2D eigenvalue weighted by Gasteiger charge is 2.16. The molecule has 2 aromatic rings. The highest BCUT2D eigenvalue weighted by Crippen LogP contribution is 2.11. The van der Waals surface area contributed by atoms with Crippen molar-refractivity contribution in [1.82, 2.24) is 25.0 Å². The number of aromatic nitrogens is 3. The maximum Gasteiger partial charge on any atom is 0.242 e. The van der Waals surface area contributed by atoms with Crippen LogP contribution < -0.4 is 10.0 Å². The summed E-state index contributed by atoms with van der Waals surface area (Å²) < 4.78 is 26.7. The number of sulfonamides is 1. The van der Waals surface area contributed by atoms with Crippen molar-refractivity contribution >= 4 is 10.0 Å². The summed E-state index contributed by atoms with van der Waals surface area (Å²) in [5.41, 5.74) is 0.831. The lowest BCUT2D eigenvalue weighted by atomic mass is 10.3. The molecule has 0 saturated heterocycles. The van der Waals surface area contributed by atoms with Crippen LogP contribution in [0.3, 0.4) is 0 Å². The molecule has 2 heterocycles. The molecule has 110 valence electrons. The number of hydrogen-bond acceptors (Lipinski definition) is 4. The van der Waals surface area contributed by atoms with Gasteiger partial charge >= 0.3 is 0 Å². The van der Waals surface area contributed by atoms with Crippen molar-refractivity contribution in [2.75, 3.05) is 0 Å². The third-order valence-corrected chi connectivity index (χ3v) is 4.09. The van der Waals surface area contributed by atoms with Crippen molar-refractivity contribution in [3.8, 4) is 0 Å². The van der Waals surface area contributed by atoms with Gasteiger partial charge in [-0.05, 0) is 6.07 Å². The largest absolute Gasteiger partial charge is 0.363 e. The molecule has 20 heavy (non-hydrogen) atoms. The van der Waals surface area contributed by atoms with E-state index in [1.165, 1.54) is 6.20 Å². The zero-order valence-corrected chi connectivity index (χ0v) is 12.3. The molecule has 7 nitrogen and oxygen atoms in total. The molecule has 0 aliphatic rings. The first-order valence-corrected chi connectivity index (χ1v) is 7.84. The molecule has 2 rings (SSSR count). The number of nitrogens with zero attached hydrogens (tertiary/aromatic N) is 1. The van der Waals surface area contributed by atoms with Crippen LogP contribution in [0.2, 0.25) is 0 Å². The Bertz CT molecular complexity index is 631. The molecular weight excluding hydrogens is 278 g/mol. The van der Waals surface area contributed by atoms with Gasteiger partial charge in [-0.1, -0.05) is 13.8 Å². The van der Waals surface area contributed by atoms with Crippen LogP contribution in [0.25, 0.3) is 0 Å². The molecule has 0 aromatic carbocycles. The first-order valence-electron chi connectivity index (χ1n) is 6.36. The Morgan fingerprint density at radius 2 is 2.10 bits per heavy atom. The second-order valence-electron chi connectivity index (χ2n) is 4.76. The van der Waals surface area contributed by atoms with E-state index >= 15 is 0 Å². The van der Waals surface area contributed by atoms with E-state index < -0.39 is 10.0 Å². The van der Waals surface area contributed by atoms with Gasteiger partial charge in [0, 0.05) is 36.9 Å². The number of H-pyrrole nitrogens is 2. The first kappa shape index (κ1) is 14.8. The fraction of sp³-hybridized carbons (Fsp3) is 0.417. The standard InChI is InChI=1S/C12H19N5O2S/c1-9(2)15-6-10-5-11(7-16-10)20(18,19)17-8-12-13-3-4-14-12/h3-5,7,9,15-17H,6,8H2,1-2H3,(H,13,14). The van der Waals surface area contributed by atoms with E-state index in [9.17, 15) is 8.42 Å². The van der Waals surface area contributed by atoms with Gasteiger partial charge in [-0.2, -0.15) is 0 Å². The molecule has 0 atom stereocenters. The van der Waals surface area contributed by atoms with Crippen LogP contribution >= 0.6 is 0 Å². The van der Waals surface area contributed by atoms with Crippen molar-refractivity contribution in [1.29, 1.82) is 0 Å². The molecule has 0 unspecified atom stereocenters. The fourth-order valence-corrected chi connectivity index (χ4v) is 2.64. The average Bonchev–Trinajstić information content (AvgIpc) is 3.05. The molecule has 0 saturated carbocycles. The molecule has 0 aliphatic heterocycles. The maximum absolute atomic E-state index is 12.1. The van der Waals surface area contributed by atoms with Gasteiger partial charge in [-0.25, -0.2) is 18.1 Å². The third-order valence-electron chi connectivity index (χ3n) is 2.71. The van der Waals surface area contributed by atoms with Crippen LogP contribution in [0.1, 0.15) is 25.4 Å². The Kier molecular flexibility index (Phi) is 4.58. The van der Waals surface area contributed by atoms with Crippen molar-refractivity contribution < 1.29 is 8.42 Å². The van der Waals surface area contributed by atoms with Gasteiger partial charge in [-0.3, -0.25) is 0 Å². The quantitative estimate of drug-likeness (QED) is 0.604. The minimum Gasteiger partial charge on any atom is -0.363 e. The summed E-state index contributed by atoms with van der Waals surface area (Å²) in [4.78, 5) is 9.99. The van der Waals surface area contributed by atoms with E-state index in [1.807, 2.05) is 13.8 Å². The van der Waals surface area contributed by atoms with Crippen LogP contribution in [0.15, 0.2) is 29.6 Å². The number of imidazole rings is 1. The summed E-state index contributed by atoms with van der Waals surface area (Å²) >= 11 is 0. The predicted molar refractivity (Wildman–Crippen MR) is 75.4 cm³/mol. The third kappa shape index (κ3) is 3.92. The molecule has 0 spiro atoms. The monoisotopic (exact) mass is 297 g/mol. The van der Waals surface area contributed by atoms with Gasteiger partial charge in [0.2, 0.25) is 10.0 Å². The SMILES string of the molecule is CC(C)NCc1cc(S(=O)(=O)NCc2ncc[nH]2)c[nH]1. The number of rotatable bonds is 7. The Hall–Kier alpha value is -1.64. The van der Waals surface area contributed by atoms with E-state index in [2.05, 4.69) is 25.0 Å². The van der Waals surface area contributed by atoms with Gasteiger partial charge < -0.3 is 15.3 Å². The summed E-state index contributed by atoms with van der Waals surface area (Å²) in [6, 6.07) is 1.97. The highest BCUT2D eigenvalue weighted by atomic mass is 32.2. The van der Waals surface area contributed by atoms with Gasteiger partial charge in [0.05, 0.1) is 11.4 Å². The molecule has 4 N–H and O–H groups in total. The lowest BCUT2D eigenvalue weighted by Gasteiger charge is -2.05. The fourth-order valence-electron chi connectivity index (χ4n) is 1.63. The number of hydrogen-bond donors (Lipinski definition) is 4. The van der Waals surface area contributed by atoms with E-state index in [-0.39, 0.29) is 11.4 Å². The smallest absolute Gasteiger partial charge is 0.242 e. The minimum absolute atomic E-state index is 0.139. The van der Waals surface area contributed by atoms with E-state index in [0.29, 0.717) is 18.4 Å². The van der Waals surface area contributed by atoms with Gasteiger partial charge in [0.1, 0.15) is 5.82 Å². The summed E-state index contributed by atoms with van der Waals surface area (Å²) in [7, 11) is -3.52. The first-order chi connectivity index (χ1) is 9.47. The molecule has 2 aromatic heterocycles. The van der Waals surface area contributed by atoms with Crippen molar-refractivity contribution in [3.05, 3.63) is 36.2 Å². The molecule has 0 aliphatic carbocycles. The molecule has 8 heteroatoms. The van der Waals surface area contributed by atoms with Gasteiger partial charge in [0.15, 0.2) is 0 Å². The lowest BCUT2D eigenvalue weighted by Crippen LogP contribution is -2.23. The van der Waals surface area contributed by atoms with Crippen LogP contribution in [0.5, 0.6) is 0 Å². The molecule has 0 amide bonds. The van der Waals surface area contributed by atoms with Crippen molar-refractivity contribution in [2.45, 2.75) is 37.9 Å². The molecule has 0 bridgehead atoms. The zero-order chi connectivity index (χ0) is 14.6. The van der Waals surface area contributed by atoms with Crippen LogP contribution in [-0.2, 0) is 23.1 Å². The summed E-state index contributed by atoms with van der Waals surface area (Å²) in [5, 5.41) is 3.22. The minimum atomic E-state index is -3.52. The zero-order valence-electron chi connectivity index (χ0n) is 11.5. The molecule has 0 radical (unpaired) electrons. The number of nitrogens with one attached hydrogen (secondary N) is 4. The Balaban J connectivity index is 1.98. The topological polar surface area (TPSA) is 103 Å². The molecule has 0 fully saturated rings. The van der Waals surface area contributed by atoms with Crippen LogP contribution in [0.4, 0.5) is 0 Å². The summed E-state index contributed by atoms with van der Waals surface area (Å²) in [6.45, 7) is 4.81. The second-order valence-corrected chi connectivity index (χ2v) is 6.52. The van der Waals surface area contributed by atoms with E-state index in [1.54, 1.807) is 18.5 Å². The Labute approximate surface area is 118 Å². The highest BCUT2D eigenvalue weighted by molar-refractivity contribution is 7.89. The lowest BCUT2D eigenvalue weighted by molar-refractivity contribution is 0.579. The predicted octanol–water partition coefficient (Wildman–Crippen LogP) is 0.714. The summed E-state index contributed by atoms with van der Waals surface area (Å²) in [5.74, 6) is 0.575. The second kappa shape index (κ2) is 6.21. The van der Waals surface area contributed by atoms with Crippen LogP contribution in [-0.4, -0.2) is 29.4 Å². The molecular formula is C12H19N5O2S. The normalized spacial score (nSPS) is 12.2. The average molecular weight is 297 g/mol. The van der Waals surface area contributed by atoms with Gasteiger partial charge in [0.25, 0.3) is 0 Å². The Morgan fingerprint density at radius 1 is 1.30 bits per heavy atom. The number of aromatic amines is 2. The maximum atomic E-state index is 12.1. The Morgan fingerprint density at radius 3 is 2.75 bits per heavy atom. The van der Waals surface area contributed by atoms with Crippen molar-refractivity contribution in [2.24, 2.45) is 0 Å².